The van der Waals surface area contributed by atoms with Crippen molar-refractivity contribution in [1.82, 2.24) is 4.90 Å². The Morgan fingerprint density at radius 1 is 1.28 bits per heavy atom. The number of rotatable bonds is 7. The number of hydrogen-bond acceptors (Lipinski definition) is 7. The lowest BCUT2D eigenvalue weighted by Crippen LogP contribution is -2.49. The molecular weight excluding hydrogens is 378 g/mol. The summed E-state index contributed by atoms with van der Waals surface area (Å²) in [6, 6.07) is 10.0. The van der Waals surface area contributed by atoms with Crippen LogP contribution in [0.25, 0.3) is 0 Å². The molecule has 1 unspecified atom stereocenters. The highest BCUT2D eigenvalue weighted by molar-refractivity contribution is 6.23. The first-order chi connectivity index (χ1) is 14.0. The van der Waals surface area contributed by atoms with Crippen LogP contribution in [0.15, 0.2) is 47.1 Å². The van der Waals surface area contributed by atoms with E-state index in [1.54, 1.807) is 6.07 Å². The van der Waals surface area contributed by atoms with Gasteiger partial charge in [0, 0.05) is 14.2 Å². The van der Waals surface area contributed by atoms with E-state index in [1.807, 2.05) is 6.07 Å². The molecular formula is C20H19N3O6. The molecule has 0 bridgehead atoms. The fourth-order valence-corrected chi connectivity index (χ4v) is 3.12. The summed E-state index contributed by atoms with van der Waals surface area (Å²) in [5.41, 5.74) is 0.740. The van der Waals surface area contributed by atoms with Crippen molar-refractivity contribution in [1.29, 1.82) is 5.26 Å². The van der Waals surface area contributed by atoms with Crippen LogP contribution in [0.5, 0.6) is 0 Å². The largest absolute Gasteiger partial charge is 0.459 e. The van der Waals surface area contributed by atoms with E-state index >= 15 is 0 Å². The second-order valence-corrected chi connectivity index (χ2v) is 6.28. The number of amides is 3. The van der Waals surface area contributed by atoms with Crippen LogP contribution in [0, 0.1) is 11.3 Å². The Hall–Kier alpha value is -3.48. The van der Waals surface area contributed by atoms with Crippen molar-refractivity contribution in [3.63, 3.8) is 0 Å². The Bertz CT molecular complexity index is 928. The normalized spacial score (nSPS) is 16.3. The summed E-state index contributed by atoms with van der Waals surface area (Å²) in [6.45, 7) is -0.0720. The lowest BCUT2D eigenvalue weighted by molar-refractivity contribution is -0.128. The summed E-state index contributed by atoms with van der Waals surface area (Å²) in [5, 5.41) is 8.92. The van der Waals surface area contributed by atoms with Gasteiger partial charge >= 0.3 is 0 Å². The van der Waals surface area contributed by atoms with Crippen molar-refractivity contribution in [3.8, 4) is 6.07 Å². The average molecular weight is 397 g/mol. The van der Waals surface area contributed by atoms with Gasteiger partial charge in [-0.25, -0.2) is 4.90 Å². The molecule has 9 nitrogen and oxygen atoms in total. The van der Waals surface area contributed by atoms with E-state index in [2.05, 4.69) is 0 Å². The van der Waals surface area contributed by atoms with Crippen LogP contribution in [0.1, 0.15) is 22.5 Å². The van der Waals surface area contributed by atoms with Crippen molar-refractivity contribution in [2.45, 2.75) is 18.8 Å². The van der Waals surface area contributed by atoms with Gasteiger partial charge in [-0.3, -0.25) is 14.4 Å². The van der Waals surface area contributed by atoms with Gasteiger partial charge in [-0.1, -0.05) is 0 Å². The van der Waals surface area contributed by atoms with E-state index in [9.17, 15) is 14.4 Å². The van der Waals surface area contributed by atoms with E-state index in [-0.39, 0.29) is 18.7 Å². The topological polar surface area (TPSA) is 113 Å². The third-order valence-electron chi connectivity index (χ3n) is 4.62. The molecule has 1 saturated heterocycles. The number of benzene rings is 1. The monoisotopic (exact) mass is 397 g/mol. The van der Waals surface area contributed by atoms with Crippen molar-refractivity contribution < 1.29 is 28.3 Å². The maximum Gasteiger partial charge on any atom is 0.290 e. The number of hydrogen-bond donors (Lipinski definition) is 0. The number of anilines is 1. The predicted octanol–water partition coefficient (Wildman–Crippen LogP) is 1.54. The zero-order chi connectivity index (χ0) is 21.0. The van der Waals surface area contributed by atoms with E-state index in [0.717, 1.165) is 4.90 Å². The van der Waals surface area contributed by atoms with Crippen LogP contribution in [-0.2, 0) is 19.1 Å². The molecule has 1 aromatic heterocycles. The number of nitrogens with zero attached hydrogens (tertiary/aromatic N) is 3. The summed E-state index contributed by atoms with van der Waals surface area (Å²) in [7, 11) is 2.82. The molecule has 2 heterocycles. The van der Waals surface area contributed by atoms with Gasteiger partial charge in [0.25, 0.3) is 11.8 Å². The highest BCUT2D eigenvalue weighted by atomic mass is 16.7. The molecule has 3 amide bonds. The number of furan rings is 1. The maximum atomic E-state index is 13.1. The molecule has 3 rings (SSSR count). The summed E-state index contributed by atoms with van der Waals surface area (Å²) in [6.07, 6.45) is 0.367. The van der Waals surface area contributed by atoms with Crippen molar-refractivity contribution in [2.75, 3.05) is 25.7 Å². The molecule has 0 spiro atoms. The first kappa shape index (κ1) is 20.3. The van der Waals surface area contributed by atoms with Crippen molar-refractivity contribution in [2.24, 2.45) is 0 Å². The lowest BCUT2D eigenvalue weighted by atomic mass is 10.2. The SMILES string of the molecule is COC(CN(C(=O)c1ccco1)C1CC(=O)N(c2ccc(C#N)cc2)C1=O)OC. The van der Waals surface area contributed by atoms with Crippen molar-refractivity contribution >= 4 is 23.4 Å². The average Bonchev–Trinajstić information content (AvgIpc) is 3.37. The minimum Gasteiger partial charge on any atom is -0.459 e. The molecule has 9 heteroatoms. The number of carbonyl (C=O) groups excluding carboxylic acids is 3. The molecule has 1 atom stereocenters. The van der Waals surface area contributed by atoms with Gasteiger partial charge in [0.15, 0.2) is 12.1 Å². The van der Waals surface area contributed by atoms with E-state index in [0.29, 0.717) is 11.3 Å². The summed E-state index contributed by atoms with van der Waals surface area (Å²) < 4.78 is 15.5. The van der Waals surface area contributed by atoms with Crippen LogP contribution in [0.4, 0.5) is 5.69 Å². The highest BCUT2D eigenvalue weighted by Crippen LogP contribution is 2.27. The third-order valence-corrected chi connectivity index (χ3v) is 4.62. The summed E-state index contributed by atoms with van der Waals surface area (Å²) in [4.78, 5) is 40.9. The standard InChI is InChI=1S/C20H19N3O6/c1-27-18(28-2)12-22(20(26)16-4-3-9-29-16)15-10-17(24)23(19(15)25)14-7-5-13(11-21)6-8-14/h3-9,15,18H,10,12H2,1-2H3. The van der Waals surface area contributed by atoms with Gasteiger partial charge < -0.3 is 18.8 Å². The molecule has 1 fully saturated rings. The Morgan fingerprint density at radius 3 is 2.52 bits per heavy atom. The first-order valence-electron chi connectivity index (χ1n) is 8.77. The fourth-order valence-electron chi connectivity index (χ4n) is 3.12. The van der Waals surface area contributed by atoms with Crippen LogP contribution in [0.3, 0.4) is 0 Å². The minimum absolute atomic E-state index is 0.0352. The van der Waals surface area contributed by atoms with E-state index in [1.165, 1.54) is 55.7 Å². The second-order valence-electron chi connectivity index (χ2n) is 6.28. The summed E-state index contributed by atoms with van der Waals surface area (Å²) >= 11 is 0. The zero-order valence-electron chi connectivity index (χ0n) is 15.9. The Balaban J connectivity index is 1.91. The van der Waals surface area contributed by atoms with Gasteiger partial charge in [0.1, 0.15) is 6.04 Å². The molecule has 0 radical (unpaired) electrons. The fraction of sp³-hybridized carbons (Fsp3) is 0.300. The van der Waals surface area contributed by atoms with Gasteiger partial charge in [-0.2, -0.15) is 5.26 Å². The molecule has 0 N–H and O–H groups in total. The first-order valence-corrected chi connectivity index (χ1v) is 8.77. The molecule has 1 aliphatic rings. The molecule has 29 heavy (non-hydrogen) atoms. The molecule has 1 aliphatic heterocycles. The minimum atomic E-state index is -1.04. The van der Waals surface area contributed by atoms with Gasteiger partial charge in [0.05, 0.1) is 36.5 Å². The number of methoxy groups -OCH3 is 2. The molecule has 0 saturated carbocycles. The Morgan fingerprint density at radius 2 is 1.97 bits per heavy atom. The zero-order valence-corrected chi connectivity index (χ0v) is 15.9. The Kier molecular flexibility index (Phi) is 6.07. The number of ether oxygens (including phenoxy) is 2. The van der Waals surface area contributed by atoms with Crippen LogP contribution in [0.2, 0.25) is 0 Å². The van der Waals surface area contributed by atoms with Crippen LogP contribution in [-0.4, -0.2) is 55.7 Å². The quantitative estimate of drug-likeness (QED) is 0.514. The van der Waals surface area contributed by atoms with Crippen LogP contribution >= 0.6 is 0 Å². The predicted molar refractivity (Wildman–Crippen MR) is 99.6 cm³/mol. The number of carbonyl (C=O) groups is 3. The van der Waals surface area contributed by atoms with E-state index in [4.69, 9.17) is 19.2 Å². The molecule has 2 aromatic rings. The number of nitriles is 1. The maximum absolute atomic E-state index is 13.1. The van der Waals surface area contributed by atoms with Crippen LogP contribution < -0.4 is 4.90 Å². The highest BCUT2D eigenvalue weighted by Gasteiger charge is 2.45. The van der Waals surface area contributed by atoms with Gasteiger partial charge in [-0.05, 0) is 36.4 Å². The molecule has 150 valence electrons. The smallest absolute Gasteiger partial charge is 0.290 e. The third kappa shape index (κ3) is 4.03. The molecule has 0 aliphatic carbocycles. The number of imide groups is 1. The summed E-state index contributed by atoms with van der Waals surface area (Å²) in [5.74, 6) is -1.52. The Labute approximate surface area is 167 Å². The lowest BCUT2D eigenvalue weighted by Gasteiger charge is -2.29. The molecule has 1 aromatic carbocycles. The second kappa shape index (κ2) is 8.68. The van der Waals surface area contributed by atoms with E-state index < -0.39 is 30.1 Å². The van der Waals surface area contributed by atoms with Gasteiger partial charge in [-0.15, -0.1) is 0 Å². The van der Waals surface area contributed by atoms with Crippen molar-refractivity contribution in [3.05, 3.63) is 54.0 Å². The van der Waals surface area contributed by atoms with Gasteiger partial charge in [0.2, 0.25) is 5.91 Å².